The molecule has 498 valence electrons. The molecule has 2 aromatic carbocycles. The number of nitro groups is 2. The molecule has 2 aliphatic heterocycles. The summed E-state index contributed by atoms with van der Waals surface area (Å²) in [5.74, 6) is -5.81. The van der Waals surface area contributed by atoms with Gasteiger partial charge in [-0.3, -0.25) is 34.6 Å². The number of nitrogens with one attached hydrogen (secondary N) is 7. The third-order valence-corrected chi connectivity index (χ3v) is 16.8. The van der Waals surface area contributed by atoms with E-state index in [-0.39, 0.29) is 109 Å². The van der Waals surface area contributed by atoms with E-state index < -0.39 is 110 Å². The predicted octanol–water partition coefficient (Wildman–Crippen LogP) is 5.09. The molecule has 29 nitrogen and oxygen atoms in total. The normalized spacial score (nSPS) is 24.4. The Labute approximate surface area is 532 Å². The maximum Gasteiger partial charge on any atom is 0.338 e. The van der Waals surface area contributed by atoms with Gasteiger partial charge in [0.1, 0.15) is 41.4 Å². The fourth-order valence-corrected chi connectivity index (χ4v) is 11.4. The molecule has 0 bridgehead atoms. The quantitative estimate of drug-likeness (QED) is 0.0265. The number of nitrogens with zero attached hydrogens (tertiary/aromatic N) is 3. The second-order valence-corrected chi connectivity index (χ2v) is 24.7. The minimum atomic E-state index is -1.32. The van der Waals surface area contributed by atoms with Crippen molar-refractivity contribution in [1.82, 2.24) is 42.1 Å². The molecular weight excluding hydrogens is 1210 g/mol. The largest absolute Gasteiger partial charge is 0.480 e. The first-order chi connectivity index (χ1) is 42.5. The lowest BCUT2D eigenvalue weighted by Crippen LogP contribution is -2.60. The van der Waals surface area contributed by atoms with Crippen LogP contribution >= 0.6 is 12.4 Å². The summed E-state index contributed by atoms with van der Waals surface area (Å²) in [7, 11) is 2.47. The second-order valence-electron chi connectivity index (χ2n) is 24.7. The Kier molecular flexibility index (Phi) is 25.5. The SMILES string of the molecule is C=C[C@@H]1C[C@]1(NC(=O)[C@@H]1C[C@H](OC(=O)c2ccc([N+](=O)[O-])cc2)CN1)C(=O)OC.C=C[C@@H]1C[C@]1(NC(=O)[C@@H]1C[C@H](OC(=O)c2ccc([N+](=O)[O-])cc2)CN1C(=O)[C@@H](NC(=O)NC1CCCC1)C(C)(C)C)C(=O)OC.CC(C)[C@H](NC(=O)NC1CCCC1)C(=O)O.Cl. The molecule has 4 aliphatic carbocycles. The summed E-state index contributed by atoms with van der Waals surface area (Å²) in [5, 5.41) is 50.1. The van der Waals surface area contributed by atoms with E-state index in [9.17, 15) is 68.2 Å². The Morgan fingerprint density at radius 1 is 0.681 bits per heavy atom. The van der Waals surface area contributed by atoms with E-state index in [1.165, 1.54) is 67.7 Å². The summed E-state index contributed by atoms with van der Waals surface area (Å²) >= 11 is 0. The number of hydrogen-bond donors (Lipinski definition) is 8. The molecule has 10 atom stereocenters. The van der Waals surface area contributed by atoms with E-state index >= 15 is 0 Å². The molecule has 4 saturated carbocycles. The average Bonchev–Trinajstić information content (AvgIpc) is 1.61. The Hall–Kier alpha value is -8.73. The number of urea groups is 2. The molecule has 0 aromatic heterocycles. The number of likely N-dealkylation sites (tertiary alicyclic amines) is 1. The third-order valence-electron chi connectivity index (χ3n) is 16.8. The van der Waals surface area contributed by atoms with Crippen molar-refractivity contribution >= 4 is 83.4 Å². The topological polar surface area (TPSA) is 402 Å². The molecule has 2 aromatic rings. The lowest BCUT2D eigenvalue weighted by molar-refractivity contribution is -0.385. The van der Waals surface area contributed by atoms with Crippen LogP contribution in [-0.2, 0) is 47.7 Å². The van der Waals surface area contributed by atoms with Crippen molar-refractivity contribution < 1.29 is 81.8 Å². The van der Waals surface area contributed by atoms with Crippen molar-refractivity contribution in [3.63, 3.8) is 0 Å². The van der Waals surface area contributed by atoms with Crippen molar-refractivity contribution in [2.75, 3.05) is 27.3 Å². The zero-order chi connectivity index (χ0) is 66.4. The van der Waals surface area contributed by atoms with E-state index in [1.54, 1.807) is 46.8 Å². The number of rotatable bonds is 21. The number of hydrogen-bond acceptors (Lipinski definition) is 19. The van der Waals surface area contributed by atoms with Gasteiger partial charge in [-0.1, -0.05) is 72.5 Å². The van der Waals surface area contributed by atoms with Gasteiger partial charge >= 0.3 is 41.9 Å². The number of ether oxygens (including phenoxy) is 4. The van der Waals surface area contributed by atoms with Gasteiger partial charge in [0.15, 0.2) is 0 Å². The van der Waals surface area contributed by atoms with Gasteiger partial charge in [-0.25, -0.2) is 33.6 Å². The van der Waals surface area contributed by atoms with Crippen LogP contribution in [0, 0.1) is 43.4 Å². The summed E-state index contributed by atoms with van der Waals surface area (Å²) in [6, 6.07) is 5.65. The number of carbonyl (C=O) groups excluding carboxylic acids is 9. The molecule has 8 rings (SSSR count). The molecular formula is C61H83ClN10O19. The van der Waals surface area contributed by atoms with E-state index in [1.807, 2.05) is 0 Å². The van der Waals surface area contributed by atoms with E-state index in [0.717, 1.165) is 51.4 Å². The molecule has 2 saturated heterocycles. The first-order valence-corrected chi connectivity index (χ1v) is 29.9. The van der Waals surface area contributed by atoms with E-state index in [4.69, 9.17) is 24.1 Å². The lowest BCUT2D eigenvalue weighted by atomic mass is 9.85. The number of carboxylic acid groups (broad SMARTS) is 1. The van der Waals surface area contributed by atoms with Gasteiger partial charge < -0.3 is 66.2 Å². The fraction of sp³-hybridized carbons (Fsp3) is 0.574. The van der Waals surface area contributed by atoms with Gasteiger partial charge in [0.05, 0.1) is 47.8 Å². The number of halogens is 1. The molecule has 0 radical (unpaired) electrons. The zero-order valence-corrected chi connectivity index (χ0v) is 52.8. The molecule has 8 N–H and O–H groups in total. The van der Waals surface area contributed by atoms with Crippen LogP contribution in [-0.4, -0.2) is 166 Å². The monoisotopic (exact) mass is 1290 g/mol. The van der Waals surface area contributed by atoms with Crippen LogP contribution in [0.15, 0.2) is 73.8 Å². The molecule has 2 heterocycles. The summed E-state index contributed by atoms with van der Waals surface area (Å²) in [5.41, 5.74) is -3.26. The minimum Gasteiger partial charge on any atom is -0.480 e. The van der Waals surface area contributed by atoms with Gasteiger partial charge in [-0.05, 0) is 74.1 Å². The van der Waals surface area contributed by atoms with Crippen molar-refractivity contribution in [2.45, 2.75) is 171 Å². The number of aliphatic carboxylic acids is 1. The van der Waals surface area contributed by atoms with Gasteiger partial charge in [-0.2, -0.15) is 0 Å². The highest BCUT2D eigenvalue weighted by molar-refractivity contribution is 5.98. The number of benzene rings is 2. The van der Waals surface area contributed by atoms with Crippen LogP contribution in [0.2, 0.25) is 0 Å². The van der Waals surface area contributed by atoms with Gasteiger partial charge in [-0.15, -0.1) is 25.6 Å². The first-order valence-electron chi connectivity index (χ1n) is 29.9. The number of non-ortho nitro benzene ring substituents is 2. The molecule has 30 heteroatoms. The summed E-state index contributed by atoms with van der Waals surface area (Å²) in [6.07, 6.45) is 10.5. The first kappa shape index (κ1) is 73.0. The maximum atomic E-state index is 14.2. The van der Waals surface area contributed by atoms with Crippen LogP contribution < -0.4 is 37.2 Å². The molecule has 91 heavy (non-hydrogen) atoms. The average molecular weight is 1300 g/mol. The molecule has 0 spiro atoms. The number of carbonyl (C=O) groups is 10. The summed E-state index contributed by atoms with van der Waals surface area (Å²) < 4.78 is 20.7. The maximum absolute atomic E-state index is 14.2. The fourth-order valence-electron chi connectivity index (χ4n) is 11.4. The predicted molar refractivity (Wildman–Crippen MR) is 328 cm³/mol. The number of nitro benzene ring substituents is 2. The number of amides is 7. The Morgan fingerprint density at radius 2 is 1.11 bits per heavy atom. The zero-order valence-electron chi connectivity index (χ0n) is 52.0. The van der Waals surface area contributed by atoms with Crippen molar-refractivity contribution in [1.29, 1.82) is 0 Å². The highest BCUT2D eigenvalue weighted by Gasteiger charge is 2.63. The summed E-state index contributed by atoms with van der Waals surface area (Å²) in [6.45, 7) is 16.4. The van der Waals surface area contributed by atoms with E-state index in [0.29, 0.717) is 6.42 Å². The molecule has 0 unspecified atom stereocenters. The van der Waals surface area contributed by atoms with Crippen molar-refractivity contribution in [3.8, 4) is 0 Å². The number of carboxylic acids is 1. The van der Waals surface area contributed by atoms with E-state index in [2.05, 4.69) is 50.4 Å². The highest BCUT2D eigenvalue weighted by Crippen LogP contribution is 2.46. The van der Waals surface area contributed by atoms with Crippen LogP contribution in [0.25, 0.3) is 0 Å². The van der Waals surface area contributed by atoms with Crippen molar-refractivity contribution in [2.24, 2.45) is 23.2 Å². The Bertz CT molecular complexity index is 3040. The van der Waals surface area contributed by atoms with Crippen LogP contribution in [0.4, 0.5) is 21.0 Å². The van der Waals surface area contributed by atoms with Gasteiger partial charge in [0.25, 0.3) is 11.4 Å². The number of esters is 4. The van der Waals surface area contributed by atoms with Crippen LogP contribution in [0.5, 0.6) is 0 Å². The Morgan fingerprint density at radius 3 is 1.49 bits per heavy atom. The van der Waals surface area contributed by atoms with Crippen LogP contribution in [0.3, 0.4) is 0 Å². The molecule has 7 amide bonds. The lowest BCUT2D eigenvalue weighted by Gasteiger charge is -2.35. The van der Waals surface area contributed by atoms with Gasteiger partial charge in [0, 0.05) is 67.6 Å². The van der Waals surface area contributed by atoms with Gasteiger partial charge in [0.2, 0.25) is 17.7 Å². The second kappa shape index (κ2) is 31.8. The van der Waals surface area contributed by atoms with Crippen LogP contribution in [0.1, 0.15) is 132 Å². The Balaban J connectivity index is 0.000000278. The molecule has 6 fully saturated rings. The standard InChI is InChI=1S/C31H41N5O9.C19H21N3O7.C11H20N2O3.ClH/c1-6-19-16-31(19,28(40)44-5)34-25(37)23-15-22(45-27(39)18-11-13-21(14-12-18)36(42)43)17-35(23)26(38)24(30(2,3)4)33-29(41)32-20-9-7-8-10-20;1-3-12-9-19(12,18(25)28-2)21-16(23)15-8-14(10-20-15)29-17(24)11-4-6-13(7-5-11)22(26)27;1-7(2)9(10(14)15)13-11(16)12-8-5-3-4-6-8;/h6,11-14,19-20,22-24H,1,7-10,15-17H2,2-5H3,(H,34,37)(H2,32,33,41);3-7,12,14-15,20H,1,8-10H2,2H3,(H,21,23);7-9H,3-6H2,1-2H3,(H,14,15)(H2,12,13,16);1H/t19-,22+,23+,24-,31-;12-,14+,15+,19-;9-;/m110./s1. The molecule has 6 aliphatic rings. The smallest absolute Gasteiger partial charge is 0.338 e. The third kappa shape index (κ3) is 18.9. The number of methoxy groups -OCH3 is 2. The van der Waals surface area contributed by atoms with Crippen molar-refractivity contribution in [3.05, 3.63) is 105 Å². The summed E-state index contributed by atoms with van der Waals surface area (Å²) in [4.78, 5) is 147. The minimum absolute atomic E-state index is 0. The highest BCUT2D eigenvalue weighted by atomic mass is 35.5.